The van der Waals surface area contributed by atoms with Crippen LogP contribution in [-0.2, 0) is 20.2 Å². The number of hydrogen-bond donors (Lipinski definition) is 3. The normalized spacial score (nSPS) is 12.0. The summed E-state index contributed by atoms with van der Waals surface area (Å²) in [5.74, 6) is -0.172. The van der Waals surface area contributed by atoms with Crippen molar-refractivity contribution in [3.05, 3.63) is 24.5 Å². The van der Waals surface area contributed by atoms with E-state index >= 15 is 0 Å². The lowest BCUT2D eigenvalue weighted by Crippen LogP contribution is -2.08. The number of methoxy groups -OCH3 is 1. The van der Waals surface area contributed by atoms with Crippen LogP contribution in [0.1, 0.15) is 0 Å². The van der Waals surface area contributed by atoms with Crippen molar-refractivity contribution in [3.63, 3.8) is 0 Å². The first-order chi connectivity index (χ1) is 10.6. The van der Waals surface area contributed by atoms with Crippen LogP contribution >= 0.6 is 0 Å². The number of hydrogen-bond acceptors (Lipinski definition) is 9. The third-order valence-corrected chi connectivity index (χ3v) is 4.27. The van der Waals surface area contributed by atoms with Crippen LogP contribution in [-0.4, -0.2) is 48.0 Å². The minimum absolute atomic E-state index is 0.0816. The summed E-state index contributed by atoms with van der Waals surface area (Å²) < 4.78 is 68.0. The zero-order chi connectivity index (χ0) is 17.3. The van der Waals surface area contributed by atoms with Crippen LogP contribution in [0.5, 0.6) is 6.01 Å². The molecule has 0 aliphatic heterocycles. The van der Waals surface area contributed by atoms with Gasteiger partial charge in [-0.2, -0.15) is 26.8 Å². The molecule has 0 atom stereocenters. The molecular weight excluding hydrogens is 352 g/mol. The molecule has 1 aromatic heterocycles. The average molecular weight is 362 g/mol. The Kier molecular flexibility index (Phi) is 4.46. The van der Waals surface area contributed by atoms with Crippen molar-refractivity contribution < 1.29 is 30.7 Å². The van der Waals surface area contributed by atoms with E-state index in [2.05, 4.69) is 20.3 Å². The van der Waals surface area contributed by atoms with Crippen molar-refractivity contribution in [1.29, 1.82) is 0 Å². The number of benzene rings is 1. The number of anilines is 2. The molecule has 0 amide bonds. The number of nitrogens with zero attached hydrogens (tertiary/aromatic N) is 3. The molecule has 1 aromatic carbocycles. The molecule has 23 heavy (non-hydrogen) atoms. The number of aromatic nitrogens is 3. The van der Waals surface area contributed by atoms with Gasteiger partial charge in [0, 0.05) is 0 Å². The van der Waals surface area contributed by atoms with Gasteiger partial charge in [-0.25, -0.2) is 4.98 Å². The van der Waals surface area contributed by atoms with E-state index < -0.39 is 30.0 Å². The second-order valence-corrected chi connectivity index (χ2v) is 6.84. The van der Waals surface area contributed by atoms with Gasteiger partial charge in [0.2, 0.25) is 5.95 Å². The highest BCUT2D eigenvalue weighted by Crippen LogP contribution is 2.27. The van der Waals surface area contributed by atoms with Crippen LogP contribution in [0, 0.1) is 0 Å². The zero-order valence-corrected chi connectivity index (χ0v) is 13.0. The zero-order valence-electron chi connectivity index (χ0n) is 11.4. The molecule has 3 N–H and O–H groups in total. The highest BCUT2D eigenvalue weighted by Gasteiger charge is 2.20. The van der Waals surface area contributed by atoms with E-state index in [0.29, 0.717) is 0 Å². The van der Waals surface area contributed by atoms with Crippen LogP contribution in [0.25, 0.3) is 0 Å². The summed E-state index contributed by atoms with van der Waals surface area (Å²) in [5.41, 5.74) is -0.365. The van der Waals surface area contributed by atoms with Crippen molar-refractivity contribution in [3.8, 4) is 6.01 Å². The summed E-state index contributed by atoms with van der Waals surface area (Å²) >= 11 is 0. The standard InChI is InChI=1S/C10H10N4O7S2/c1-21-10-12-5-11-9(14-10)13-7-4-6(22(15,16)17)2-3-8(7)23(18,19)20/h2-5H,1H3,(H,15,16,17)(H,18,19,20)(H,11,12,13,14). The molecule has 0 aliphatic carbocycles. The Morgan fingerprint density at radius 1 is 1.09 bits per heavy atom. The fraction of sp³-hybridized carbons (Fsp3) is 0.100. The predicted octanol–water partition coefficient (Wildman–Crippen LogP) is 0.117. The molecule has 11 nitrogen and oxygen atoms in total. The first kappa shape index (κ1) is 17.0. The molecule has 0 saturated carbocycles. The lowest BCUT2D eigenvalue weighted by Gasteiger charge is -2.10. The Labute approximate surface area is 130 Å². The lowest BCUT2D eigenvalue weighted by atomic mass is 10.3. The van der Waals surface area contributed by atoms with E-state index in [9.17, 15) is 21.4 Å². The van der Waals surface area contributed by atoms with E-state index in [1.165, 1.54) is 7.11 Å². The smallest absolute Gasteiger partial charge is 0.320 e. The molecule has 13 heteroatoms. The Morgan fingerprint density at radius 2 is 1.78 bits per heavy atom. The molecule has 2 aromatic rings. The van der Waals surface area contributed by atoms with Crippen molar-refractivity contribution in [2.24, 2.45) is 0 Å². The molecule has 124 valence electrons. The molecule has 0 bridgehead atoms. The fourth-order valence-electron chi connectivity index (χ4n) is 1.55. The number of nitrogens with one attached hydrogen (secondary N) is 1. The molecular formula is C10H10N4O7S2. The Bertz CT molecular complexity index is 943. The predicted molar refractivity (Wildman–Crippen MR) is 75.7 cm³/mol. The van der Waals surface area contributed by atoms with E-state index in [1.807, 2.05) is 0 Å². The SMILES string of the molecule is COc1ncnc(Nc2cc(S(=O)(=O)O)ccc2S(=O)(=O)O)n1. The summed E-state index contributed by atoms with van der Waals surface area (Å²) in [7, 11) is -7.97. The minimum atomic E-state index is -4.67. The minimum Gasteiger partial charge on any atom is -0.467 e. The summed E-state index contributed by atoms with van der Waals surface area (Å²) in [6, 6.07) is 2.34. The fourth-order valence-corrected chi connectivity index (χ4v) is 2.69. The topological polar surface area (TPSA) is 169 Å². The third-order valence-electron chi connectivity index (χ3n) is 2.51. The van der Waals surface area contributed by atoms with Gasteiger partial charge in [-0.15, -0.1) is 0 Å². The average Bonchev–Trinajstić information content (AvgIpc) is 2.45. The van der Waals surface area contributed by atoms with Gasteiger partial charge in [0.05, 0.1) is 17.7 Å². The summed E-state index contributed by atoms with van der Waals surface area (Å²) in [5, 5.41) is 2.41. The van der Waals surface area contributed by atoms with Crippen molar-refractivity contribution in [2.75, 3.05) is 12.4 Å². The Balaban J connectivity index is 2.57. The van der Waals surface area contributed by atoms with Gasteiger partial charge in [0.15, 0.2) is 0 Å². The van der Waals surface area contributed by atoms with Gasteiger partial charge >= 0.3 is 6.01 Å². The monoisotopic (exact) mass is 362 g/mol. The quantitative estimate of drug-likeness (QED) is 0.617. The van der Waals surface area contributed by atoms with Crippen molar-refractivity contribution in [1.82, 2.24) is 15.0 Å². The largest absolute Gasteiger partial charge is 0.467 e. The molecule has 0 radical (unpaired) electrons. The highest BCUT2D eigenvalue weighted by molar-refractivity contribution is 7.86. The van der Waals surface area contributed by atoms with Gasteiger partial charge in [-0.1, -0.05) is 0 Å². The summed E-state index contributed by atoms with van der Waals surface area (Å²) in [6.45, 7) is 0. The maximum Gasteiger partial charge on any atom is 0.320 e. The van der Waals surface area contributed by atoms with Crippen LogP contribution in [0.15, 0.2) is 34.3 Å². The third kappa shape index (κ3) is 4.10. The molecule has 0 fully saturated rings. The maximum atomic E-state index is 11.4. The maximum absolute atomic E-state index is 11.4. The second kappa shape index (κ2) is 6.04. The van der Waals surface area contributed by atoms with E-state index in [1.54, 1.807) is 0 Å². The molecule has 0 aliphatic rings. The Morgan fingerprint density at radius 3 is 2.35 bits per heavy atom. The van der Waals surface area contributed by atoms with Crippen LogP contribution in [0.2, 0.25) is 0 Å². The van der Waals surface area contributed by atoms with Gasteiger partial charge in [-0.05, 0) is 18.2 Å². The molecule has 0 spiro atoms. The summed E-state index contributed by atoms with van der Waals surface area (Å²) in [6.07, 6.45) is 1.06. The highest BCUT2D eigenvalue weighted by atomic mass is 32.2. The van der Waals surface area contributed by atoms with Crippen molar-refractivity contribution in [2.45, 2.75) is 9.79 Å². The van der Waals surface area contributed by atoms with Gasteiger partial charge < -0.3 is 10.1 Å². The Hall–Kier alpha value is -2.35. The molecule has 1 heterocycles. The first-order valence-electron chi connectivity index (χ1n) is 5.70. The van der Waals surface area contributed by atoms with Crippen LogP contribution in [0.4, 0.5) is 11.6 Å². The van der Waals surface area contributed by atoms with E-state index in [0.717, 1.165) is 24.5 Å². The molecule has 0 unspecified atom stereocenters. The van der Waals surface area contributed by atoms with Crippen LogP contribution in [0.3, 0.4) is 0 Å². The molecule has 2 rings (SSSR count). The van der Waals surface area contributed by atoms with E-state index in [4.69, 9.17) is 9.29 Å². The second-order valence-electron chi connectivity index (χ2n) is 4.03. The van der Waals surface area contributed by atoms with Gasteiger partial charge in [0.1, 0.15) is 11.2 Å². The van der Waals surface area contributed by atoms with Gasteiger partial charge in [-0.3, -0.25) is 9.11 Å². The van der Waals surface area contributed by atoms with E-state index in [-0.39, 0.29) is 17.6 Å². The van der Waals surface area contributed by atoms with Gasteiger partial charge in [0.25, 0.3) is 20.2 Å². The first-order valence-corrected chi connectivity index (χ1v) is 8.58. The van der Waals surface area contributed by atoms with Crippen molar-refractivity contribution >= 4 is 31.9 Å². The summed E-state index contributed by atoms with van der Waals surface area (Å²) in [4.78, 5) is 9.87. The lowest BCUT2D eigenvalue weighted by molar-refractivity contribution is 0.379. The van der Waals surface area contributed by atoms with Crippen LogP contribution < -0.4 is 10.1 Å². The number of rotatable bonds is 5. The number of ether oxygens (including phenoxy) is 1. The molecule has 0 saturated heterocycles.